The Hall–Kier alpha value is -4.29. The summed E-state index contributed by atoms with van der Waals surface area (Å²) < 4.78 is 7.12. The van der Waals surface area contributed by atoms with Gasteiger partial charge in [0.05, 0.1) is 24.1 Å². The van der Waals surface area contributed by atoms with Crippen LogP contribution in [-0.2, 0) is 30.3 Å². The smallest absolute Gasteiger partial charge is 0.264 e. The largest absolute Gasteiger partial charge is 0.360 e. The van der Waals surface area contributed by atoms with Crippen molar-refractivity contribution in [3.8, 4) is 0 Å². The quantitative estimate of drug-likeness (QED) is 0.406. The second-order valence-electron chi connectivity index (χ2n) is 11.6. The minimum absolute atomic E-state index is 0.0180. The molecule has 2 aromatic carbocycles. The van der Waals surface area contributed by atoms with Crippen molar-refractivity contribution >= 4 is 51.0 Å². The van der Waals surface area contributed by atoms with Gasteiger partial charge in [0, 0.05) is 31.3 Å². The van der Waals surface area contributed by atoms with Gasteiger partial charge in [-0.15, -0.1) is 11.3 Å². The Morgan fingerprint density at radius 3 is 2.43 bits per heavy atom. The first kappa shape index (κ1) is 31.1. The van der Waals surface area contributed by atoms with Crippen molar-refractivity contribution in [3.63, 3.8) is 0 Å². The molecule has 5 rings (SSSR count). The predicted molar refractivity (Wildman–Crippen MR) is 166 cm³/mol. The fourth-order valence-corrected chi connectivity index (χ4v) is 6.49. The maximum atomic E-state index is 13.7. The highest BCUT2D eigenvalue weighted by Crippen LogP contribution is 2.27. The average molecular weight is 620 g/mol. The maximum absolute atomic E-state index is 13.7. The molecule has 3 aromatic rings. The van der Waals surface area contributed by atoms with Gasteiger partial charge in [-0.25, -0.2) is 0 Å². The molecule has 2 saturated heterocycles. The van der Waals surface area contributed by atoms with Crippen LogP contribution in [-0.4, -0.2) is 96.9 Å². The van der Waals surface area contributed by atoms with Crippen molar-refractivity contribution < 1.29 is 28.7 Å². The van der Waals surface area contributed by atoms with E-state index >= 15 is 0 Å². The topological polar surface area (TPSA) is 137 Å². The number of likely N-dealkylation sites (N-methyl/N-ethyl adjacent to an activating group) is 1. The van der Waals surface area contributed by atoms with Gasteiger partial charge in [-0.3, -0.25) is 24.0 Å². The lowest BCUT2D eigenvalue weighted by atomic mass is 10.0. The van der Waals surface area contributed by atoms with Crippen LogP contribution in [0.2, 0.25) is 0 Å². The molecule has 12 heteroatoms. The molecule has 44 heavy (non-hydrogen) atoms. The summed E-state index contributed by atoms with van der Waals surface area (Å²) in [4.78, 5) is 70.5. The van der Waals surface area contributed by atoms with Crippen molar-refractivity contribution in [2.24, 2.45) is 5.92 Å². The number of rotatable bonds is 4. The number of ether oxygens (including phenoxy) is 1. The van der Waals surface area contributed by atoms with Gasteiger partial charge in [0.2, 0.25) is 17.7 Å². The number of fused-ring (bicyclic) bond motifs is 3. The summed E-state index contributed by atoms with van der Waals surface area (Å²) in [5, 5.41) is 9.35. The third-order valence-electron chi connectivity index (χ3n) is 7.81. The third-order valence-corrected chi connectivity index (χ3v) is 8.91. The van der Waals surface area contributed by atoms with Crippen LogP contribution in [0, 0.1) is 5.92 Å². The van der Waals surface area contributed by atoms with Gasteiger partial charge in [-0.05, 0) is 29.0 Å². The van der Waals surface area contributed by atoms with Crippen LogP contribution in [0.15, 0.2) is 60.7 Å². The molecule has 0 saturated carbocycles. The highest BCUT2D eigenvalue weighted by Gasteiger charge is 2.38. The van der Waals surface area contributed by atoms with E-state index in [-0.39, 0.29) is 44.4 Å². The van der Waals surface area contributed by atoms with Crippen LogP contribution in [0.4, 0.5) is 0 Å². The number of morpholine rings is 1. The molecule has 2 bridgehead atoms. The van der Waals surface area contributed by atoms with Gasteiger partial charge in [-0.2, -0.15) is 0 Å². The van der Waals surface area contributed by atoms with E-state index in [0.717, 1.165) is 15.6 Å². The van der Waals surface area contributed by atoms with Crippen LogP contribution in [0.25, 0.3) is 10.1 Å². The number of amides is 5. The average Bonchev–Trinajstić information content (AvgIpc) is 3.45. The van der Waals surface area contributed by atoms with Crippen LogP contribution in [0.5, 0.6) is 0 Å². The minimum Gasteiger partial charge on any atom is -0.360 e. The van der Waals surface area contributed by atoms with E-state index in [0.29, 0.717) is 4.88 Å². The standard InChI is InChI=1S/C32H37N5O6S/c1-19(2)28-30(40)33-15-22-16-37(32(42)26-14-21-11-7-8-12-25(21)44-26)17-24(43-22)29(39)34-23(13-20-9-5-4-6-10-20)31(41)36(3)18-27(38)35-28/h4-12,14,19,22-24,28H,13,15-18H2,1-3H3,(H,33,40)(H,34,39)(H,35,38)/t22-,23+,24+,28-/m0/s1. The van der Waals surface area contributed by atoms with Crippen molar-refractivity contribution in [2.75, 3.05) is 33.2 Å². The summed E-state index contributed by atoms with van der Waals surface area (Å²) in [5.74, 6) is -2.43. The van der Waals surface area contributed by atoms with E-state index in [1.54, 1.807) is 4.90 Å². The number of carbonyl (C=O) groups excluding carboxylic acids is 5. The van der Waals surface area contributed by atoms with Gasteiger partial charge >= 0.3 is 0 Å². The summed E-state index contributed by atoms with van der Waals surface area (Å²) >= 11 is 1.37. The molecule has 0 aliphatic carbocycles. The number of nitrogens with one attached hydrogen (secondary N) is 3. The van der Waals surface area contributed by atoms with E-state index < -0.39 is 47.9 Å². The van der Waals surface area contributed by atoms with Crippen molar-refractivity contribution in [2.45, 2.75) is 44.6 Å². The first-order valence-corrected chi connectivity index (χ1v) is 15.5. The predicted octanol–water partition coefficient (Wildman–Crippen LogP) is 1.57. The zero-order valence-corrected chi connectivity index (χ0v) is 25.8. The molecule has 2 aliphatic heterocycles. The Balaban J connectivity index is 1.45. The molecular formula is C32H37N5O6S. The van der Waals surface area contributed by atoms with E-state index in [2.05, 4.69) is 16.0 Å². The zero-order chi connectivity index (χ0) is 31.4. The summed E-state index contributed by atoms with van der Waals surface area (Å²) in [6.07, 6.45) is -1.61. The molecule has 11 nitrogen and oxygen atoms in total. The summed E-state index contributed by atoms with van der Waals surface area (Å²) in [5.41, 5.74) is 0.820. The van der Waals surface area contributed by atoms with E-state index in [4.69, 9.17) is 4.74 Å². The summed E-state index contributed by atoms with van der Waals surface area (Å²) in [6, 6.07) is 16.9. The molecule has 3 N–H and O–H groups in total. The lowest BCUT2D eigenvalue weighted by molar-refractivity contribution is -0.148. The number of carbonyl (C=O) groups is 5. The van der Waals surface area contributed by atoms with Gasteiger partial charge in [-0.1, -0.05) is 62.4 Å². The Bertz CT molecular complexity index is 1510. The lowest BCUT2D eigenvalue weighted by Gasteiger charge is -2.38. The molecule has 1 aromatic heterocycles. The molecular weight excluding hydrogens is 582 g/mol. The molecule has 2 fully saturated rings. The third kappa shape index (κ3) is 7.25. The lowest BCUT2D eigenvalue weighted by Crippen LogP contribution is -2.59. The van der Waals surface area contributed by atoms with E-state index in [9.17, 15) is 24.0 Å². The molecule has 2 aliphatic rings. The Morgan fingerprint density at radius 1 is 0.977 bits per heavy atom. The minimum atomic E-state index is -1.09. The first-order valence-electron chi connectivity index (χ1n) is 14.7. The molecule has 5 amide bonds. The van der Waals surface area contributed by atoms with Crippen LogP contribution in [0.3, 0.4) is 0 Å². The van der Waals surface area contributed by atoms with Gasteiger partial charge in [0.25, 0.3) is 11.8 Å². The van der Waals surface area contributed by atoms with Crippen LogP contribution in [0.1, 0.15) is 29.1 Å². The Kier molecular flexibility index (Phi) is 9.60. The summed E-state index contributed by atoms with van der Waals surface area (Å²) in [7, 11) is 1.48. The highest BCUT2D eigenvalue weighted by molar-refractivity contribution is 7.20. The molecule has 3 heterocycles. The molecule has 0 radical (unpaired) electrons. The van der Waals surface area contributed by atoms with Crippen LogP contribution >= 0.6 is 11.3 Å². The number of hydrogen-bond donors (Lipinski definition) is 3. The Labute approximate surface area is 259 Å². The first-order chi connectivity index (χ1) is 21.1. The van der Waals surface area contributed by atoms with Crippen molar-refractivity contribution in [1.82, 2.24) is 25.8 Å². The molecule has 4 atom stereocenters. The monoisotopic (exact) mass is 619 g/mol. The maximum Gasteiger partial charge on any atom is 0.264 e. The second-order valence-corrected chi connectivity index (χ2v) is 12.7. The van der Waals surface area contributed by atoms with Gasteiger partial charge in [0.1, 0.15) is 12.1 Å². The van der Waals surface area contributed by atoms with Crippen LogP contribution < -0.4 is 16.0 Å². The zero-order valence-electron chi connectivity index (χ0n) is 24.9. The SMILES string of the molecule is CC(C)[C@@H]1NC(=O)CN(C)C(=O)[C@@H](Cc2ccccc2)NC(=O)[C@H]2CN(C(=O)c3cc4ccccc4s3)C[C@H](CNC1=O)O2. The van der Waals surface area contributed by atoms with E-state index in [1.807, 2.05) is 74.5 Å². The molecule has 232 valence electrons. The van der Waals surface area contributed by atoms with Crippen molar-refractivity contribution in [3.05, 3.63) is 71.1 Å². The molecule has 0 unspecified atom stereocenters. The highest BCUT2D eigenvalue weighted by atomic mass is 32.1. The van der Waals surface area contributed by atoms with E-state index in [1.165, 1.54) is 23.3 Å². The number of benzene rings is 2. The van der Waals surface area contributed by atoms with Gasteiger partial charge < -0.3 is 30.5 Å². The number of thiophene rings is 1. The number of hydrogen-bond acceptors (Lipinski definition) is 7. The fourth-order valence-electron chi connectivity index (χ4n) is 5.46. The summed E-state index contributed by atoms with van der Waals surface area (Å²) in [6.45, 7) is 3.46. The number of nitrogens with zero attached hydrogens (tertiary/aromatic N) is 2. The Morgan fingerprint density at radius 2 is 1.70 bits per heavy atom. The van der Waals surface area contributed by atoms with Gasteiger partial charge in [0.15, 0.2) is 6.10 Å². The normalized spacial score (nSPS) is 23.9. The second kappa shape index (κ2) is 13.6. The van der Waals surface area contributed by atoms with Crippen molar-refractivity contribution in [1.29, 1.82) is 0 Å². The molecule has 0 spiro atoms. The fraction of sp³-hybridized carbons (Fsp3) is 0.406.